The zero-order valence-corrected chi connectivity index (χ0v) is 12.1. The molecule has 1 amide bonds. The zero-order chi connectivity index (χ0) is 15.1. The quantitative estimate of drug-likeness (QED) is 0.818. The lowest BCUT2D eigenvalue weighted by Crippen LogP contribution is -2.27. The van der Waals surface area contributed by atoms with Crippen molar-refractivity contribution in [1.29, 1.82) is 0 Å². The summed E-state index contributed by atoms with van der Waals surface area (Å²) in [6, 6.07) is 19.7. The van der Waals surface area contributed by atoms with E-state index < -0.39 is 0 Å². The van der Waals surface area contributed by atoms with Crippen molar-refractivity contribution >= 4 is 12.0 Å². The Morgan fingerprint density at radius 2 is 1.62 bits per heavy atom. The second kappa shape index (κ2) is 7.25. The van der Waals surface area contributed by atoms with Gasteiger partial charge in [0.05, 0.1) is 6.04 Å². The van der Waals surface area contributed by atoms with E-state index in [4.69, 9.17) is 0 Å². The zero-order valence-electron chi connectivity index (χ0n) is 12.1. The molecule has 0 heterocycles. The van der Waals surface area contributed by atoms with Gasteiger partial charge in [-0.1, -0.05) is 79.4 Å². The van der Waals surface area contributed by atoms with Gasteiger partial charge in [-0.3, -0.25) is 4.79 Å². The fourth-order valence-electron chi connectivity index (χ4n) is 1.94. The molecule has 1 N–H and O–H groups in total. The monoisotopic (exact) mass is 277 g/mol. The lowest BCUT2D eigenvalue weighted by atomic mass is 10.0. The molecule has 2 aromatic rings. The Kier molecular flexibility index (Phi) is 5.10. The highest BCUT2D eigenvalue weighted by Crippen LogP contribution is 2.16. The molecule has 1 atom stereocenters. The van der Waals surface area contributed by atoms with Crippen LogP contribution in [0.5, 0.6) is 0 Å². The molecule has 106 valence electrons. The second-order valence-electron chi connectivity index (χ2n) is 4.91. The summed E-state index contributed by atoms with van der Waals surface area (Å²) in [6.07, 6.45) is 4.00. The van der Waals surface area contributed by atoms with Crippen LogP contribution in [-0.2, 0) is 4.79 Å². The summed E-state index contributed by atoms with van der Waals surface area (Å²) in [6.45, 7) is 5.39. The van der Waals surface area contributed by atoms with Crippen molar-refractivity contribution in [2.45, 2.75) is 13.0 Å². The van der Waals surface area contributed by atoms with Crippen molar-refractivity contribution in [2.24, 2.45) is 0 Å². The molecular weight excluding hydrogens is 258 g/mol. The Morgan fingerprint density at radius 3 is 2.19 bits per heavy atom. The molecule has 0 radical (unpaired) electrons. The van der Waals surface area contributed by atoms with Gasteiger partial charge in [-0.2, -0.15) is 0 Å². The normalized spacial score (nSPS) is 12.0. The summed E-state index contributed by atoms with van der Waals surface area (Å²) in [7, 11) is 0. The van der Waals surface area contributed by atoms with E-state index in [0.717, 1.165) is 11.1 Å². The standard InChI is InChI=1S/C19H19NO/c1-15(2)19(21)20-18(17-11-7-4-8-12-17)14-13-16-9-5-3-6-10-16/h3-14,18H,1H2,2H3,(H,20,21)/b14-13+. The van der Waals surface area contributed by atoms with E-state index >= 15 is 0 Å². The topological polar surface area (TPSA) is 29.1 Å². The number of rotatable bonds is 5. The van der Waals surface area contributed by atoms with Gasteiger partial charge in [-0.05, 0) is 18.1 Å². The number of hydrogen-bond acceptors (Lipinski definition) is 1. The molecule has 0 saturated carbocycles. The second-order valence-corrected chi connectivity index (χ2v) is 4.91. The van der Waals surface area contributed by atoms with Crippen LogP contribution in [0.2, 0.25) is 0 Å². The fraction of sp³-hybridized carbons (Fsp3) is 0.105. The van der Waals surface area contributed by atoms with Crippen LogP contribution in [0.4, 0.5) is 0 Å². The van der Waals surface area contributed by atoms with Gasteiger partial charge < -0.3 is 5.32 Å². The maximum absolute atomic E-state index is 11.9. The molecule has 0 aromatic heterocycles. The average Bonchev–Trinajstić information content (AvgIpc) is 2.53. The molecular formula is C19H19NO. The van der Waals surface area contributed by atoms with E-state index in [1.54, 1.807) is 6.92 Å². The lowest BCUT2D eigenvalue weighted by molar-refractivity contribution is -0.117. The first-order valence-corrected chi connectivity index (χ1v) is 6.91. The smallest absolute Gasteiger partial charge is 0.247 e. The van der Waals surface area contributed by atoms with E-state index in [1.165, 1.54) is 0 Å². The van der Waals surface area contributed by atoms with Gasteiger partial charge >= 0.3 is 0 Å². The van der Waals surface area contributed by atoms with Crippen LogP contribution in [0.3, 0.4) is 0 Å². The van der Waals surface area contributed by atoms with Crippen LogP contribution in [0.25, 0.3) is 6.08 Å². The number of benzene rings is 2. The SMILES string of the molecule is C=C(C)C(=O)NC(/C=C/c1ccccc1)c1ccccc1. The maximum atomic E-state index is 11.9. The molecule has 1 unspecified atom stereocenters. The Hall–Kier alpha value is -2.61. The van der Waals surface area contributed by atoms with E-state index in [0.29, 0.717) is 5.57 Å². The van der Waals surface area contributed by atoms with Crippen molar-refractivity contribution in [3.05, 3.63) is 90.0 Å². The van der Waals surface area contributed by atoms with Crippen LogP contribution in [0.1, 0.15) is 24.1 Å². The highest BCUT2D eigenvalue weighted by Gasteiger charge is 2.11. The summed E-state index contributed by atoms with van der Waals surface area (Å²) in [4.78, 5) is 11.9. The van der Waals surface area contributed by atoms with E-state index in [1.807, 2.05) is 72.8 Å². The van der Waals surface area contributed by atoms with Gasteiger partial charge in [-0.15, -0.1) is 0 Å². The van der Waals surface area contributed by atoms with Crippen LogP contribution >= 0.6 is 0 Å². The average molecular weight is 277 g/mol. The lowest BCUT2D eigenvalue weighted by Gasteiger charge is -2.15. The third kappa shape index (κ3) is 4.46. The molecule has 0 fully saturated rings. The third-order valence-corrected chi connectivity index (χ3v) is 3.11. The number of carbonyl (C=O) groups is 1. The van der Waals surface area contributed by atoms with Gasteiger partial charge in [0.25, 0.3) is 0 Å². The first kappa shape index (κ1) is 14.8. The minimum absolute atomic E-state index is 0.137. The van der Waals surface area contributed by atoms with E-state index in [2.05, 4.69) is 11.9 Å². The van der Waals surface area contributed by atoms with Gasteiger partial charge in [0.15, 0.2) is 0 Å². The predicted octanol–water partition coefficient (Wildman–Crippen LogP) is 4.13. The molecule has 0 aliphatic carbocycles. The summed E-state index contributed by atoms with van der Waals surface area (Å²) in [5, 5.41) is 2.98. The first-order chi connectivity index (χ1) is 10.2. The summed E-state index contributed by atoms with van der Waals surface area (Å²) in [5.74, 6) is -0.137. The van der Waals surface area contributed by atoms with Crippen molar-refractivity contribution < 1.29 is 4.79 Å². The molecule has 0 saturated heterocycles. The molecule has 2 heteroatoms. The minimum atomic E-state index is -0.171. The summed E-state index contributed by atoms with van der Waals surface area (Å²) in [5.41, 5.74) is 2.64. The number of amides is 1. The van der Waals surface area contributed by atoms with E-state index in [-0.39, 0.29) is 11.9 Å². The molecule has 0 spiro atoms. The number of carbonyl (C=O) groups excluding carboxylic acids is 1. The van der Waals surface area contributed by atoms with Crippen LogP contribution in [0, 0.1) is 0 Å². The Bertz CT molecular complexity index is 629. The van der Waals surface area contributed by atoms with Gasteiger partial charge in [0, 0.05) is 5.57 Å². The van der Waals surface area contributed by atoms with Crippen molar-refractivity contribution in [2.75, 3.05) is 0 Å². The minimum Gasteiger partial charge on any atom is -0.342 e. The Labute approximate surface area is 125 Å². The predicted molar refractivity (Wildman–Crippen MR) is 87.6 cm³/mol. The number of hydrogen-bond donors (Lipinski definition) is 1. The highest BCUT2D eigenvalue weighted by molar-refractivity contribution is 5.92. The molecule has 0 aliphatic rings. The largest absolute Gasteiger partial charge is 0.342 e. The maximum Gasteiger partial charge on any atom is 0.247 e. The highest BCUT2D eigenvalue weighted by atomic mass is 16.1. The molecule has 2 aromatic carbocycles. The first-order valence-electron chi connectivity index (χ1n) is 6.91. The van der Waals surface area contributed by atoms with Gasteiger partial charge in [0.2, 0.25) is 5.91 Å². The van der Waals surface area contributed by atoms with Crippen LogP contribution < -0.4 is 5.32 Å². The molecule has 21 heavy (non-hydrogen) atoms. The van der Waals surface area contributed by atoms with Gasteiger partial charge in [0.1, 0.15) is 0 Å². The molecule has 0 aliphatic heterocycles. The van der Waals surface area contributed by atoms with Crippen LogP contribution in [0.15, 0.2) is 78.9 Å². The van der Waals surface area contributed by atoms with Crippen molar-refractivity contribution in [3.63, 3.8) is 0 Å². The Balaban J connectivity index is 2.22. The summed E-state index contributed by atoms with van der Waals surface area (Å²) >= 11 is 0. The van der Waals surface area contributed by atoms with Crippen molar-refractivity contribution in [1.82, 2.24) is 5.32 Å². The summed E-state index contributed by atoms with van der Waals surface area (Å²) < 4.78 is 0. The molecule has 0 bridgehead atoms. The Morgan fingerprint density at radius 1 is 1.05 bits per heavy atom. The number of nitrogens with one attached hydrogen (secondary N) is 1. The third-order valence-electron chi connectivity index (χ3n) is 3.11. The van der Waals surface area contributed by atoms with Crippen LogP contribution in [-0.4, -0.2) is 5.91 Å². The van der Waals surface area contributed by atoms with Gasteiger partial charge in [-0.25, -0.2) is 0 Å². The fourth-order valence-corrected chi connectivity index (χ4v) is 1.94. The molecule has 2 rings (SSSR count). The van der Waals surface area contributed by atoms with E-state index in [9.17, 15) is 4.79 Å². The van der Waals surface area contributed by atoms with Crippen molar-refractivity contribution in [3.8, 4) is 0 Å². The molecule has 2 nitrogen and oxygen atoms in total.